The molecule has 1 aromatic heterocycles. The van der Waals surface area contributed by atoms with Crippen LogP contribution in [0.3, 0.4) is 0 Å². The molecule has 2 aromatic rings. The van der Waals surface area contributed by atoms with Crippen molar-refractivity contribution in [3.63, 3.8) is 0 Å². The van der Waals surface area contributed by atoms with Crippen LogP contribution >= 0.6 is 0 Å². The fourth-order valence-corrected chi connectivity index (χ4v) is 2.16. The third-order valence-corrected chi connectivity index (χ3v) is 3.11. The Morgan fingerprint density at radius 2 is 1.90 bits per heavy atom. The maximum atomic E-state index is 14.0. The number of nitrogens with two attached hydrogens (primary N) is 1. The second kappa shape index (κ2) is 6.58. The van der Waals surface area contributed by atoms with E-state index in [4.69, 9.17) is 5.73 Å². The summed E-state index contributed by atoms with van der Waals surface area (Å²) < 4.78 is 41.1. The van der Waals surface area contributed by atoms with Gasteiger partial charge in [0.2, 0.25) is 0 Å². The van der Waals surface area contributed by atoms with Crippen LogP contribution in [0.15, 0.2) is 30.5 Å². The van der Waals surface area contributed by atoms with Crippen LogP contribution in [0.25, 0.3) is 0 Å². The van der Waals surface area contributed by atoms with Crippen molar-refractivity contribution in [2.45, 2.75) is 19.4 Å². The largest absolute Gasteiger partial charge is 0.383 e. The third kappa shape index (κ3) is 3.33. The van der Waals surface area contributed by atoms with Gasteiger partial charge in [-0.05, 0) is 19.0 Å². The second-order valence-electron chi connectivity index (χ2n) is 4.65. The van der Waals surface area contributed by atoms with Crippen LogP contribution in [0.2, 0.25) is 0 Å². The van der Waals surface area contributed by atoms with Crippen molar-refractivity contribution in [3.05, 3.63) is 59.0 Å². The summed E-state index contributed by atoms with van der Waals surface area (Å²) in [5, 5.41) is 3.02. The van der Waals surface area contributed by atoms with Crippen molar-refractivity contribution in [2.75, 3.05) is 12.3 Å². The Labute approximate surface area is 121 Å². The minimum atomic E-state index is -0.956. The van der Waals surface area contributed by atoms with Crippen molar-refractivity contribution >= 4 is 5.82 Å². The molecule has 0 radical (unpaired) electrons. The Bertz CT molecular complexity index is 608. The van der Waals surface area contributed by atoms with Gasteiger partial charge in [0.15, 0.2) is 0 Å². The summed E-state index contributed by atoms with van der Waals surface area (Å²) >= 11 is 0. The van der Waals surface area contributed by atoms with Crippen LogP contribution in [-0.2, 0) is 0 Å². The highest BCUT2D eigenvalue weighted by Crippen LogP contribution is 2.30. The molecule has 0 aliphatic heterocycles. The number of aromatic nitrogens is 1. The summed E-state index contributed by atoms with van der Waals surface area (Å²) in [6.07, 6.45) is 2.26. The first-order chi connectivity index (χ1) is 10.0. The molecule has 1 unspecified atom stereocenters. The number of pyridine rings is 1. The average Bonchev–Trinajstić information content (AvgIpc) is 2.42. The van der Waals surface area contributed by atoms with E-state index in [0.717, 1.165) is 6.42 Å². The van der Waals surface area contributed by atoms with Crippen molar-refractivity contribution in [2.24, 2.45) is 0 Å². The van der Waals surface area contributed by atoms with Crippen molar-refractivity contribution < 1.29 is 13.2 Å². The lowest BCUT2D eigenvalue weighted by atomic mass is 9.97. The standard InChI is InChI=1S/C15H16F3N3/c1-2-5-20-14(10-4-3-6-21-15(10)19)13-11(17)7-9(16)8-12(13)18/h3-4,6-8,14,20H,2,5H2,1H3,(H2,19,21). The quantitative estimate of drug-likeness (QED) is 0.891. The lowest BCUT2D eigenvalue weighted by molar-refractivity contribution is 0.487. The summed E-state index contributed by atoms with van der Waals surface area (Å²) in [7, 11) is 0. The molecule has 6 heteroatoms. The zero-order valence-corrected chi connectivity index (χ0v) is 11.5. The molecular formula is C15H16F3N3. The maximum absolute atomic E-state index is 14.0. The van der Waals surface area contributed by atoms with E-state index in [0.29, 0.717) is 24.2 Å². The lowest BCUT2D eigenvalue weighted by Gasteiger charge is -2.21. The number of nitrogens with zero attached hydrogens (tertiary/aromatic N) is 1. The molecule has 2 rings (SSSR count). The summed E-state index contributed by atoms with van der Waals surface area (Å²) in [5.41, 5.74) is 5.98. The van der Waals surface area contributed by atoms with E-state index in [1.54, 1.807) is 12.1 Å². The van der Waals surface area contributed by atoms with Gasteiger partial charge in [-0.2, -0.15) is 0 Å². The molecule has 1 heterocycles. The Hall–Kier alpha value is -2.08. The van der Waals surface area contributed by atoms with Gasteiger partial charge in [-0.25, -0.2) is 18.2 Å². The van der Waals surface area contributed by atoms with E-state index in [1.165, 1.54) is 6.20 Å². The second-order valence-corrected chi connectivity index (χ2v) is 4.65. The van der Waals surface area contributed by atoms with Gasteiger partial charge in [0.1, 0.15) is 23.3 Å². The fraction of sp³-hybridized carbons (Fsp3) is 0.267. The van der Waals surface area contributed by atoms with E-state index in [-0.39, 0.29) is 11.4 Å². The molecule has 21 heavy (non-hydrogen) atoms. The first kappa shape index (κ1) is 15.3. The predicted octanol–water partition coefficient (Wildman–Crippen LogP) is 3.17. The van der Waals surface area contributed by atoms with Gasteiger partial charge >= 0.3 is 0 Å². The highest BCUT2D eigenvalue weighted by atomic mass is 19.1. The highest BCUT2D eigenvalue weighted by Gasteiger charge is 2.24. The molecule has 0 saturated carbocycles. The third-order valence-electron chi connectivity index (χ3n) is 3.11. The van der Waals surface area contributed by atoms with Crippen molar-refractivity contribution in [3.8, 4) is 0 Å². The van der Waals surface area contributed by atoms with Crippen molar-refractivity contribution in [1.82, 2.24) is 10.3 Å². The van der Waals surface area contributed by atoms with Gasteiger partial charge in [-0.1, -0.05) is 13.0 Å². The molecule has 1 atom stereocenters. The molecule has 0 bridgehead atoms. The zero-order chi connectivity index (χ0) is 15.4. The van der Waals surface area contributed by atoms with Gasteiger partial charge in [0.05, 0.1) is 6.04 Å². The molecular weight excluding hydrogens is 279 g/mol. The fourth-order valence-electron chi connectivity index (χ4n) is 2.16. The number of benzene rings is 1. The van der Waals surface area contributed by atoms with Crippen LogP contribution in [-0.4, -0.2) is 11.5 Å². The topological polar surface area (TPSA) is 50.9 Å². The van der Waals surface area contributed by atoms with Crippen LogP contribution in [0, 0.1) is 17.5 Å². The van der Waals surface area contributed by atoms with Gasteiger partial charge in [0.25, 0.3) is 0 Å². The number of halogens is 3. The highest BCUT2D eigenvalue weighted by molar-refractivity contribution is 5.46. The van der Waals surface area contributed by atoms with E-state index in [2.05, 4.69) is 10.3 Å². The first-order valence-corrected chi connectivity index (χ1v) is 6.62. The molecule has 0 aliphatic carbocycles. The minimum absolute atomic E-state index is 0.175. The molecule has 0 saturated heterocycles. The SMILES string of the molecule is CCCNC(c1cccnc1N)c1c(F)cc(F)cc1F. The molecule has 0 aliphatic rings. The number of nitrogens with one attached hydrogen (secondary N) is 1. The molecule has 0 amide bonds. The Morgan fingerprint density at radius 1 is 1.24 bits per heavy atom. The first-order valence-electron chi connectivity index (χ1n) is 6.62. The Morgan fingerprint density at radius 3 is 2.48 bits per heavy atom. The van der Waals surface area contributed by atoms with E-state index >= 15 is 0 Å². The Kier molecular flexibility index (Phi) is 4.80. The van der Waals surface area contributed by atoms with E-state index in [1.807, 2.05) is 6.92 Å². The van der Waals surface area contributed by atoms with E-state index < -0.39 is 23.5 Å². The number of nitrogen functional groups attached to an aromatic ring is 1. The molecule has 0 spiro atoms. The van der Waals surface area contributed by atoms with Gasteiger partial charge in [-0.3, -0.25) is 0 Å². The molecule has 1 aromatic carbocycles. The lowest BCUT2D eigenvalue weighted by Crippen LogP contribution is -2.26. The predicted molar refractivity (Wildman–Crippen MR) is 75.1 cm³/mol. The number of hydrogen-bond donors (Lipinski definition) is 2. The van der Waals surface area contributed by atoms with Crippen LogP contribution in [0.4, 0.5) is 19.0 Å². The summed E-state index contributed by atoms with van der Waals surface area (Å²) in [6, 6.07) is 3.76. The van der Waals surface area contributed by atoms with Gasteiger partial charge < -0.3 is 11.1 Å². The summed E-state index contributed by atoms with van der Waals surface area (Å²) in [5.74, 6) is -2.69. The van der Waals surface area contributed by atoms with Gasteiger partial charge in [0, 0.05) is 29.5 Å². The van der Waals surface area contributed by atoms with Crippen LogP contribution in [0.5, 0.6) is 0 Å². The van der Waals surface area contributed by atoms with E-state index in [9.17, 15) is 13.2 Å². The summed E-state index contributed by atoms with van der Waals surface area (Å²) in [6.45, 7) is 2.45. The van der Waals surface area contributed by atoms with Crippen LogP contribution in [0.1, 0.15) is 30.5 Å². The number of anilines is 1. The minimum Gasteiger partial charge on any atom is -0.383 e. The molecule has 0 fully saturated rings. The molecule has 112 valence electrons. The zero-order valence-electron chi connectivity index (χ0n) is 11.5. The Balaban J connectivity index is 2.54. The smallest absolute Gasteiger partial charge is 0.134 e. The maximum Gasteiger partial charge on any atom is 0.134 e. The summed E-state index contributed by atoms with van der Waals surface area (Å²) in [4.78, 5) is 3.93. The van der Waals surface area contributed by atoms with Crippen LogP contribution < -0.4 is 11.1 Å². The van der Waals surface area contributed by atoms with Gasteiger partial charge in [-0.15, -0.1) is 0 Å². The average molecular weight is 295 g/mol. The number of hydrogen-bond acceptors (Lipinski definition) is 3. The molecule has 3 N–H and O–H groups in total. The van der Waals surface area contributed by atoms with Crippen molar-refractivity contribution in [1.29, 1.82) is 0 Å². The number of rotatable bonds is 5. The molecule has 3 nitrogen and oxygen atoms in total. The monoisotopic (exact) mass is 295 g/mol. The normalized spacial score (nSPS) is 12.4.